The first-order valence-electron chi connectivity index (χ1n) is 11.8. The summed E-state index contributed by atoms with van der Waals surface area (Å²) in [6.45, 7) is 3.86. The lowest BCUT2D eigenvalue weighted by molar-refractivity contribution is 0.0943. The number of nitrogens with one attached hydrogen (secondary N) is 1. The average Bonchev–Trinajstić information content (AvgIpc) is 2.89. The van der Waals surface area contributed by atoms with Gasteiger partial charge >= 0.3 is 5.69 Å². The molecular weight excluding hydrogens is 477 g/mol. The van der Waals surface area contributed by atoms with E-state index >= 15 is 0 Å². The van der Waals surface area contributed by atoms with E-state index in [1.807, 2.05) is 13.8 Å². The van der Waals surface area contributed by atoms with Crippen molar-refractivity contribution < 1.29 is 18.7 Å². The van der Waals surface area contributed by atoms with Gasteiger partial charge in [-0.15, -0.1) is 0 Å². The second-order valence-corrected chi connectivity index (χ2v) is 8.94. The van der Waals surface area contributed by atoms with Crippen LogP contribution in [0.2, 0.25) is 0 Å². The van der Waals surface area contributed by atoms with Gasteiger partial charge in [-0.2, -0.15) is 0 Å². The molecule has 0 saturated heterocycles. The van der Waals surface area contributed by atoms with E-state index in [4.69, 9.17) is 9.47 Å². The van der Waals surface area contributed by atoms with E-state index in [0.717, 1.165) is 4.57 Å². The van der Waals surface area contributed by atoms with Gasteiger partial charge in [-0.1, -0.05) is 24.3 Å². The van der Waals surface area contributed by atoms with Gasteiger partial charge in [-0.25, -0.2) is 9.18 Å². The number of methoxy groups -OCH3 is 2. The zero-order chi connectivity index (χ0) is 26.7. The normalized spacial score (nSPS) is 11.1. The fourth-order valence-electron chi connectivity index (χ4n) is 4.10. The summed E-state index contributed by atoms with van der Waals surface area (Å²) in [5.41, 5.74) is 1.19. The fraction of sp³-hybridized carbons (Fsp3) is 0.250. The van der Waals surface area contributed by atoms with Crippen molar-refractivity contribution in [3.05, 3.63) is 104 Å². The van der Waals surface area contributed by atoms with Gasteiger partial charge in [0.2, 0.25) is 0 Å². The van der Waals surface area contributed by atoms with Gasteiger partial charge in [0.1, 0.15) is 5.82 Å². The second kappa shape index (κ2) is 10.7. The second-order valence-electron chi connectivity index (χ2n) is 8.94. The zero-order valence-electron chi connectivity index (χ0n) is 21.1. The summed E-state index contributed by atoms with van der Waals surface area (Å²) in [6, 6.07) is 15.7. The Balaban J connectivity index is 1.83. The van der Waals surface area contributed by atoms with Crippen molar-refractivity contribution in [1.29, 1.82) is 0 Å². The number of fused-ring (bicyclic) bond motifs is 1. The molecule has 9 heteroatoms. The van der Waals surface area contributed by atoms with Crippen LogP contribution in [-0.4, -0.2) is 35.3 Å². The Hall–Kier alpha value is -4.40. The van der Waals surface area contributed by atoms with Crippen LogP contribution in [0.15, 0.2) is 70.3 Å². The number of hydrogen-bond donors (Lipinski definition) is 1. The minimum Gasteiger partial charge on any atom is -0.493 e. The number of benzene rings is 3. The van der Waals surface area contributed by atoms with Crippen molar-refractivity contribution in [3.63, 3.8) is 0 Å². The highest BCUT2D eigenvalue weighted by atomic mass is 19.1. The van der Waals surface area contributed by atoms with Crippen LogP contribution >= 0.6 is 0 Å². The summed E-state index contributed by atoms with van der Waals surface area (Å²) in [6.07, 6.45) is 0. The van der Waals surface area contributed by atoms with Crippen molar-refractivity contribution in [3.8, 4) is 11.5 Å². The summed E-state index contributed by atoms with van der Waals surface area (Å²) in [7, 11) is 2.94. The predicted octanol–water partition coefficient (Wildman–Crippen LogP) is 3.55. The number of nitrogens with zero attached hydrogens (tertiary/aromatic N) is 2. The third kappa shape index (κ3) is 5.40. The van der Waals surface area contributed by atoms with Crippen LogP contribution in [0.5, 0.6) is 11.5 Å². The molecule has 3 aromatic carbocycles. The van der Waals surface area contributed by atoms with E-state index < -0.39 is 11.2 Å². The number of amides is 1. The molecule has 0 unspecified atom stereocenters. The molecule has 0 aliphatic carbocycles. The Morgan fingerprint density at radius 3 is 1.97 bits per heavy atom. The molecule has 192 valence electrons. The number of aromatic nitrogens is 2. The Morgan fingerprint density at radius 2 is 1.41 bits per heavy atom. The Morgan fingerprint density at radius 1 is 0.865 bits per heavy atom. The van der Waals surface area contributed by atoms with Crippen molar-refractivity contribution in [2.75, 3.05) is 14.2 Å². The van der Waals surface area contributed by atoms with E-state index in [1.54, 1.807) is 48.5 Å². The van der Waals surface area contributed by atoms with E-state index in [2.05, 4.69) is 5.32 Å². The van der Waals surface area contributed by atoms with Gasteiger partial charge in [0.15, 0.2) is 11.5 Å². The molecule has 1 heterocycles. The minimum atomic E-state index is -0.532. The Labute approximate surface area is 212 Å². The fourth-order valence-corrected chi connectivity index (χ4v) is 4.10. The molecule has 0 radical (unpaired) electrons. The molecule has 0 bridgehead atoms. The molecule has 0 atom stereocenters. The van der Waals surface area contributed by atoms with E-state index in [1.165, 1.54) is 30.9 Å². The van der Waals surface area contributed by atoms with Crippen LogP contribution in [0.1, 0.15) is 35.3 Å². The highest BCUT2D eigenvalue weighted by Crippen LogP contribution is 2.30. The molecule has 0 spiro atoms. The minimum absolute atomic E-state index is 0.00135. The monoisotopic (exact) mass is 505 g/mol. The first kappa shape index (κ1) is 25.7. The van der Waals surface area contributed by atoms with E-state index in [0.29, 0.717) is 33.7 Å². The average molecular weight is 506 g/mol. The molecule has 0 aliphatic heterocycles. The first-order valence-corrected chi connectivity index (χ1v) is 11.8. The highest BCUT2D eigenvalue weighted by Gasteiger charge is 2.18. The van der Waals surface area contributed by atoms with Crippen molar-refractivity contribution >= 4 is 16.8 Å². The van der Waals surface area contributed by atoms with Gasteiger partial charge in [0.25, 0.3) is 11.5 Å². The molecule has 4 aromatic rings. The van der Waals surface area contributed by atoms with Crippen LogP contribution < -0.4 is 26.0 Å². The van der Waals surface area contributed by atoms with Gasteiger partial charge in [-0.3, -0.25) is 18.7 Å². The van der Waals surface area contributed by atoms with Gasteiger partial charge in [0.05, 0.1) is 38.2 Å². The summed E-state index contributed by atoms with van der Waals surface area (Å²) >= 11 is 0. The standard InChI is InChI=1S/C28H28FN3O5/c1-17(2)30-26(33)20-9-5-18(6-10-20)16-32-27(34)22-13-24(36-3)25(37-4)14-23(22)31(28(32)35)15-19-7-11-21(29)12-8-19/h5-14,17H,15-16H2,1-4H3,(H,30,33). The molecule has 0 fully saturated rings. The summed E-state index contributed by atoms with van der Waals surface area (Å²) in [5, 5.41) is 3.10. The number of carbonyl (C=O) groups is 1. The molecule has 1 aromatic heterocycles. The molecule has 1 N–H and O–H groups in total. The van der Waals surface area contributed by atoms with Crippen LogP contribution in [-0.2, 0) is 13.1 Å². The number of rotatable bonds is 8. The number of ether oxygens (including phenoxy) is 2. The summed E-state index contributed by atoms with van der Waals surface area (Å²) in [5.74, 6) is 0.135. The number of halogens is 1. The number of hydrogen-bond acceptors (Lipinski definition) is 5. The lowest BCUT2D eigenvalue weighted by Crippen LogP contribution is -2.40. The Bertz CT molecular complexity index is 1560. The Kier molecular flexibility index (Phi) is 7.42. The maximum atomic E-state index is 13.6. The van der Waals surface area contributed by atoms with Crippen LogP contribution in [0.4, 0.5) is 4.39 Å². The SMILES string of the molecule is COc1cc2c(=O)n(Cc3ccc(C(=O)NC(C)C)cc3)c(=O)n(Cc3ccc(F)cc3)c2cc1OC. The largest absolute Gasteiger partial charge is 0.493 e. The van der Waals surface area contributed by atoms with E-state index in [-0.39, 0.29) is 36.2 Å². The van der Waals surface area contributed by atoms with Gasteiger partial charge in [0, 0.05) is 17.7 Å². The van der Waals surface area contributed by atoms with Crippen LogP contribution in [0.3, 0.4) is 0 Å². The maximum Gasteiger partial charge on any atom is 0.332 e. The summed E-state index contributed by atoms with van der Waals surface area (Å²) < 4.78 is 26.8. The van der Waals surface area contributed by atoms with Gasteiger partial charge in [-0.05, 0) is 55.3 Å². The lowest BCUT2D eigenvalue weighted by atomic mass is 10.1. The predicted molar refractivity (Wildman–Crippen MR) is 139 cm³/mol. The molecule has 37 heavy (non-hydrogen) atoms. The number of carbonyl (C=O) groups excluding carboxylic acids is 1. The van der Waals surface area contributed by atoms with Crippen molar-refractivity contribution in [2.24, 2.45) is 0 Å². The topological polar surface area (TPSA) is 91.6 Å². The van der Waals surface area contributed by atoms with Crippen LogP contribution in [0, 0.1) is 5.82 Å². The smallest absolute Gasteiger partial charge is 0.332 e. The quantitative estimate of drug-likeness (QED) is 0.396. The molecule has 1 amide bonds. The van der Waals surface area contributed by atoms with Crippen molar-refractivity contribution in [2.45, 2.75) is 33.0 Å². The molecule has 0 saturated carbocycles. The van der Waals surface area contributed by atoms with Gasteiger partial charge < -0.3 is 14.8 Å². The lowest BCUT2D eigenvalue weighted by Gasteiger charge is -2.17. The third-order valence-corrected chi connectivity index (χ3v) is 5.96. The third-order valence-electron chi connectivity index (χ3n) is 5.96. The highest BCUT2D eigenvalue weighted by molar-refractivity contribution is 5.94. The molecule has 0 aliphatic rings. The maximum absolute atomic E-state index is 13.6. The molecule has 8 nitrogen and oxygen atoms in total. The van der Waals surface area contributed by atoms with E-state index in [9.17, 15) is 18.8 Å². The molecular formula is C28H28FN3O5. The van der Waals surface area contributed by atoms with Crippen LogP contribution in [0.25, 0.3) is 10.9 Å². The molecule has 4 rings (SSSR count). The first-order chi connectivity index (χ1) is 17.7. The van der Waals surface area contributed by atoms with Crippen molar-refractivity contribution in [1.82, 2.24) is 14.5 Å². The summed E-state index contributed by atoms with van der Waals surface area (Å²) in [4.78, 5) is 39.4. The zero-order valence-corrected chi connectivity index (χ0v) is 21.1.